The summed E-state index contributed by atoms with van der Waals surface area (Å²) in [5, 5.41) is 0. The molecule has 0 saturated heterocycles. The van der Waals surface area contributed by atoms with Crippen molar-refractivity contribution < 1.29 is 3.89 Å². The van der Waals surface area contributed by atoms with Crippen molar-refractivity contribution in [3.05, 3.63) is 122 Å². The number of aryl methyl sites for hydroxylation is 4. The van der Waals surface area contributed by atoms with Gasteiger partial charge in [-0.25, -0.2) is 0 Å². The van der Waals surface area contributed by atoms with E-state index in [1.54, 1.807) is 0 Å². The number of rotatable bonds is 3. The Bertz CT molecular complexity index is 1380. The van der Waals surface area contributed by atoms with Gasteiger partial charge >= 0.3 is 0 Å². The average Bonchev–Trinajstić information content (AvgIpc) is 3.05. The molecule has 3 heteroatoms. The van der Waals surface area contributed by atoms with Crippen LogP contribution in [0.15, 0.2) is 82.2 Å². The number of halogens is 2. The Hall–Kier alpha value is -2.36. The molecule has 7 rings (SSSR count). The highest BCUT2D eigenvalue weighted by atomic mass is 79.9. The predicted octanol–water partition coefficient (Wildman–Crippen LogP) is 7.99. The summed E-state index contributed by atoms with van der Waals surface area (Å²) in [6, 6.07) is 26.7. The van der Waals surface area contributed by atoms with Crippen molar-refractivity contribution in [2.75, 3.05) is 0 Å². The topological polar surface area (TPSA) is 0 Å². The van der Waals surface area contributed by atoms with Gasteiger partial charge in [-0.05, 0) is 106 Å². The zero-order valence-electron chi connectivity index (χ0n) is 17.4. The molecule has 3 aliphatic carbocycles. The smallest absolute Gasteiger partial charge is 0.0812 e. The molecule has 0 heterocycles. The molecular formula is C29H20BrFS. The third kappa shape index (κ3) is 2.44. The molecular weight excluding hydrogens is 479 g/mol. The van der Waals surface area contributed by atoms with E-state index in [-0.39, 0.29) is 0 Å². The maximum atomic E-state index is 13.8. The van der Waals surface area contributed by atoms with E-state index in [4.69, 9.17) is 0 Å². The lowest BCUT2D eigenvalue weighted by Crippen LogP contribution is -2.30. The Labute approximate surface area is 200 Å². The molecule has 0 atom stereocenters. The summed E-state index contributed by atoms with van der Waals surface area (Å²) < 4.78 is 14.9. The Morgan fingerprint density at radius 2 is 1.19 bits per heavy atom. The quantitative estimate of drug-likeness (QED) is 0.243. The van der Waals surface area contributed by atoms with Crippen LogP contribution >= 0.6 is 28.1 Å². The molecule has 0 unspecified atom stereocenters. The van der Waals surface area contributed by atoms with E-state index in [9.17, 15) is 3.89 Å². The summed E-state index contributed by atoms with van der Waals surface area (Å²) in [6.07, 6.45) is 4.62. The maximum absolute atomic E-state index is 13.8. The second kappa shape index (κ2) is 6.82. The number of hydrogen-bond acceptors (Lipinski definition) is 1. The zero-order chi connectivity index (χ0) is 21.4. The normalized spacial score (nSPS) is 16.3. The van der Waals surface area contributed by atoms with Gasteiger partial charge in [0.1, 0.15) is 0 Å². The SMILES string of the molecule is FSc1ccc2c(c1)C(c1ccc3c(c1)CC3)(c1ccc3c(c1)CC3)c1cc(Br)ccc1-2. The first-order valence-corrected chi connectivity index (χ1v) is 12.7. The third-order valence-electron chi connectivity index (χ3n) is 7.77. The molecule has 0 radical (unpaired) electrons. The molecule has 3 aliphatic rings. The van der Waals surface area contributed by atoms with Crippen LogP contribution < -0.4 is 0 Å². The van der Waals surface area contributed by atoms with Crippen LogP contribution in [0.4, 0.5) is 3.89 Å². The first-order chi connectivity index (χ1) is 15.7. The van der Waals surface area contributed by atoms with Gasteiger partial charge in [-0.1, -0.05) is 64.5 Å². The van der Waals surface area contributed by atoms with Gasteiger partial charge in [-0.2, -0.15) is 3.89 Å². The fourth-order valence-electron chi connectivity index (χ4n) is 5.97. The van der Waals surface area contributed by atoms with E-state index in [1.165, 1.54) is 68.5 Å². The third-order valence-corrected chi connectivity index (χ3v) is 8.69. The van der Waals surface area contributed by atoms with Crippen LogP contribution in [-0.4, -0.2) is 0 Å². The van der Waals surface area contributed by atoms with Crippen LogP contribution in [0.3, 0.4) is 0 Å². The lowest BCUT2D eigenvalue weighted by Gasteiger charge is -2.37. The molecule has 156 valence electrons. The predicted molar refractivity (Wildman–Crippen MR) is 133 cm³/mol. The monoisotopic (exact) mass is 498 g/mol. The van der Waals surface area contributed by atoms with Crippen molar-refractivity contribution in [2.45, 2.75) is 36.0 Å². The van der Waals surface area contributed by atoms with Gasteiger partial charge in [-0.3, -0.25) is 0 Å². The number of fused-ring (bicyclic) bond motifs is 5. The van der Waals surface area contributed by atoms with E-state index < -0.39 is 5.41 Å². The van der Waals surface area contributed by atoms with E-state index in [2.05, 4.69) is 82.7 Å². The fraction of sp³-hybridized carbons (Fsp3) is 0.172. The highest BCUT2D eigenvalue weighted by molar-refractivity contribution is 9.10. The Balaban J connectivity index is 1.64. The van der Waals surface area contributed by atoms with E-state index in [1.807, 2.05) is 6.07 Å². The Morgan fingerprint density at radius 1 is 0.625 bits per heavy atom. The van der Waals surface area contributed by atoms with Gasteiger partial charge in [0.25, 0.3) is 0 Å². The van der Waals surface area contributed by atoms with Gasteiger partial charge in [0, 0.05) is 9.37 Å². The summed E-state index contributed by atoms with van der Waals surface area (Å²) in [4.78, 5) is 0.660. The van der Waals surface area contributed by atoms with Crippen LogP contribution in [0, 0.1) is 0 Å². The van der Waals surface area contributed by atoms with Crippen molar-refractivity contribution in [2.24, 2.45) is 0 Å². The van der Waals surface area contributed by atoms with Crippen molar-refractivity contribution in [1.29, 1.82) is 0 Å². The summed E-state index contributed by atoms with van der Waals surface area (Å²) in [5.74, 6) is 0. The van der Waals surface area contributed by atoms with Crippen LogP contribution in [0.25, 0.3) is 11.1 Å². The Kier molecular flexibility index (Phi) is 4.08. The molecule has 0 nitrogen and oxygen atoms in total. The number of hydrogen-bond donors (Lipinski definition) is 0. The largest absolute Gasteiger partial charge is 0.160 e. The van der Waals surface area contributed by atoms with Crippen molar-refractivity contribution >= 4 is 28.1 Å². The van der Waals surface area contributed by atoms with Crippen molar-refractivity contribution in [3.8, 4) is 11.1 Å². The fourth-order valence-corrected chi connectivity index (χ4v) is 6.61. The minimum atomic E-state index is -0.449. The molecule has 0 fully saturated rings. The first kappa shape index (κ1) is 19.1. The van der Waals surface area contributed by atoms with Crippen molar-refractivity contribution in [1.82, 2.24) is 0 Å². The number of benzene rings is 4. The van der Waals surface area contributed by atoms with E-state index >= 15 is 0 Å². The molecule has 0 bridgehead atoms. The van der Waals surface area contributed by atoms with E-state index in [0.717, 1.165) is 17.3 Å². The molecule has 0 saturated carbocycles. The minimum Gasteiger partial charge on any atom is -0.160 e. The lowest BCUT2D eigenvalue weighted by atomic mass is 9.65. The maximum Gasteiger partial charge on any atom is 0.0812 e. The molecule has 4 aromatic rings. The van der Waals surface area contributed by atoms with Gasteiger partial charge in [0.2, 0.25) is 0 Å². The second-order valence-corrected chi connectivity index (χ2v) is 10.7. The van der Waals surface area contributed by atoms with Gasteiger partial charge in [-0.15, -0.1) is 0 Å². The molecule has 0 spiro atoms. The lowest BCUT2D eigenvalue weighted by molar-refractivity contribution is 0.737. The summed E-state index contributed by atoms with van der Waals surface area (Å²) >= 11 is 4.08. The van der Waals surface area contributed by atoms with Crippen LogP contribution in [0.2, 0.25) is 0 Å². The van der Waals surface area contributed by atoms with Crippen LogP contribution in [0.1, 0.15) is 44.5 Å². The molecule has 0 N–H and O–H groups in total. The van der Waals surface area contributed by atoms with Crippen LogP contribution in [0.5, 0.6) is 0 Å². The molecule has 32 heavy (non-hydrogen) atoms. The van der Waals surface area contributed by atoms with Gasteiger partial charge in [0.15, 0.2) is 0 Å². The summed E-state index contributed by atoms with van der Waals surface area (Å²) in [5.41, 5.74) is 12.9. The molecule has 0 amide bonds. The van der Waals surface area contributed by atoms with Gasteiger partial charge < -0.3 is 0 Å². The Morgan fingerprint density at radius 3 is 1.72 bits per heavy atom. The summed E-state index contributed by atoms with van der Waals surface area (Å²) in [6.45, 7) is 0. The highest BCUT2D eigenvalue weighted by Crippen LogP contribution is 2.58. The minimum absolute atomic E-state index is 0.332. The highest BCUT2D eigenvalue weighted by Gasteiger charge is 2.47. The molecule has 0 aliphatic heterocycles. The molecule has 4 aromatic carbocycles. The molecule has 0 aromatic heterocycles. The summed E-state index contributed by atoms with van der Waals surface area (Å²) in [7, 11) is 0. The second-order valence-electron chi connectivity index (χ2n) is 9.19. The van der Waals surface area contributed by atoms with Crippen LogP contribution in [-0.2, 0) is 31.1 Å². The van der Waals surface area contributed by atoms with E-state index in [0.29, 0.717) is 17.0 Å². The zero-order valence-corrected chi connectivity index (χ0v) is 19.8. The van der Waals surface area contributed by atoms with Crippen molar-refractivity contribution in [3.63, 3.8) is 0 Å². The first-order valence-electron chi connectivity index (χ1n) is 11.2. The standard InChI is InChI=1S/C29H20BrFS/c30-23-9-11-25-26-12-10-24(32-31)16-28(26)29(27(25)15-23,21-7-5-17-1-3-19(17)13-21)22-8-6-18-2-4-20(18)14-22/h5-16H,1-4H2. The average molecular weight is 499 g/mol. The van der Waals surface area contributed by atoms with Gasteiger partial charge in [0.05, 0.1) is 17.6 Å².